The van der Waals surface area contributed by atoms with Gasteiger partial charge in [-0.25, -0.2) is 0 Å². The van der Waals surface area contributed by atoms with Crippen LogP contribution in [-0.4, -0.2) is 40.0 Å². The molecule has 0 amide bonds. The first-order valence-corrected chi connectivity index (χ1v) is 16.1. The Balaban J connectivity index is -0.000000581. The van der Waals surface area contributed by atoms with E-state index in [9.17, 15) is 28.8 Å². The molecule has 0 aliphatic heterocycles. The van der Waals surface area contributed by atoms with Gasteiger partial charge in [0, 0.05) is 54.0 Å². The first-order valence-electron chi connectivity index (χ1n) is 15.2. The third-order valence-electron chi connectivity index (χ3n) is 6.80. The number of hydrogen-bond acceptors (Lipinski definition) is 6. The molecule has 0 radical (unpaired) electrons. The smallest absolute Gasteiger partial charge is 0.193 e. The number of carbonyl (C=O) groups is 6. The standard InChI is InChI=1S/C12H12O2.C12H10O2.C7H5BrO2.C5H8.CH2Cl2.2CH4.H2/c2*1-7-4-3-5-9-11(7)10(13)6-8(2)12(9)14;1-4-2-7(10)5(8)3-6(4)9;1-3-5-4-2;2-1-3;;;/h3-4,6-7H,5H2,1-2H3;3-6H,1-2H3;2-3H,1H3;3-5H,1H2,2H3;1H2;2*1H4;1H/b;;;5-4+;;;;/i;;;;;;;1+1D. The fourth-order valence-corrected chi connectivity index (χ4v) is 4.86. The van der Waals surface area contributed by atoms with Crippen molar-refractivity contribution in [2.45, 2.75) is 62.8 Å². The maximum atomic E-state index is 11.7. The second-order valence-electron chi connectivity index (χ2n) is 10.3. The molecule has 260 valence electrons. The summed E-state index contributed by atoms with van der Waals surface area (Å²) >= 11 is 12.5. The quantitative estimate of drug-likeness (QED) is 0.122. The fourth-order valence-electron chi connectivity index (χ4n) is 4.54. The van der Waals surface area contributed by atoms with Crippen LogP contribution in [0.3, 0.4) is 0 Å². The van der Waals surface area contributed by atoms with Crippen LogP contribution in [0.25, 0.3) is 0 Å². The molecule has 4 aliphatic rings. The highest BCUT2D eigenvalue weighted by Gasteiger charge is 2.29. The number of ketones is 6. The number of carbonyl (C=O) groups excluding carboxylic acids is 6. The predicted octanol–water partition coefficient (Wildman–Crippen LogP) is 10.3. The van der Waals surface area contributed by atoms with E-state index in [1.54, 1.807) is 39.0 Å². The fraction of sp³-hybridized carbons (Fsp3) is 0.282. The van der Waals surface area contributed by atoms with Gasteiger partial charge >= 0.3 is 0 Å². The van der Waals surface area contributed by atoms with Gasteiger partial charge in [0.2, 0.25) is 0 Å². The average molecular weight is 765 g/mol. The van der Waals surface area contributed by atoms with Gasteiger partial charge in [-0.2, -0.15) is 0 Å². The number of hydrogen-bond donors (Lipinski definition) is 0. The monoisotopic (exact) mass is 762 g/mol. The summed E-state index contributed by atoms with van der Waals surface area (Å²) in [5, 5.41) is 0.194. The molecule has 9 heteroatoms. The van der Waals surface area contributed by atoms with E-state index in [4.69, 9.17) is 26.2 Å². The molecule has 4 aliphatic carbocycles. The molecular formula is C39H47BrCl2O6. The normalized spacial score (nSPS) is 17.5. The van der Waals surface area contributed by atoms with Crippen molar-refractivity contribution < 1.29 is 31.7 Å². The highest BCUT2D eigenvalue weighted by atomic mass is 79.9. The largest absolute Gasteiger partial charge is 0.290 e. The SMILES string of the molecule is C.C.C=C/C=C/C.CC1=CC(=O)C(Br)=CC1=O.CC1=CC(=O)C2=C(CC=CC2C)C1=O.CC1=CC(=O)c2c(C)cccc2C1=O.ClCCl.[2H][2H]. The lowest BCUT2D eigenvalue weighted by Gasteiger charge is -2.22. The summed E-state index contributed by atoms with van der Waals surface area (Å²) in [5.74, 6) is -0.216. The van der Waals surface area contributed by atoms with Gasteiger partial charge in [0.25, 0.3) is 0 Å². The van der Waals surface area contributed by atoms with Crippen LogP contribution < -0.4 is 0 Å². The van der Waals surface area contributed by atoms with E-state index in [-0.39, 0.29) is 60.8 Å². The second kappa shape index (κ2) is 22.7. The Bertz CT molecular complexity index is 1630. The van der Waals surface area contributed by atoms with Crippen molar-refractivity contribution >= 4 is 73.8 Å². The number of aryl methyl sites for hydroxylation is 1. The minimum Gasteiger partial charge on any atom is -0.290 e. The molecule has 6 nitrogen and oxygen atoms in total. The molecule has 0 heterocycles. The Morgan fingerprint density at radius 1 is 0.854 bits per heavy atom. The number of Topliss-reactive ketones (excluding diaryl/α,β-unsaturated/α-hetero) is 2. The van der Waals surface area contributed by atoms with Crippen molar-refractivity contribution in [3.63, 3.8) is 0 Å². The van der Waals surface area contributed by atoms with E-state index in [0.717, 1.165) is 5.56 Å². The molecule has 0 spiro atoms. The zero-order valence-electron chi connectivity index (χ0n) is 28.7. The van der Waals surface area contributed by atoms with Crippen molar-refractivity contribution in [1.29, 1.82) is 0 Å². The highest BCUT2D eigenvalue weighted by Crippen LogP contribution is 2.31. The van der Waals surface area contributed by atoms with Crippen molar-refractivity contribution in [1.82, 2.24) is 0 Å². The summed E-state index contributed by atoms with van der Waals surface area (Å²) in [6.45, 7) is 14.2. The molecular weight excluding hydrogens is 715 g/mol. The Morgan fingerprint density at radius 2 is 1.40 bits per heavy atom. The Labute approximate surface area is 306 Å². The Kier molecular flexibility index (Phi) is 20.9. The summed E-state index contributed by atoms with van der Waals surface area (Å²) in [7, 11) is 0. The maximum absolute atomic E-state index is 11.7. The van der Waals surface area contributed by atoms with E-state index in [2.05, 4.69) is 22.5 Å². The summed E-state index contributed by atoms with van der Waals surface area (Å²) in [6, 6.07) is 5.36. The van der Waals surface area contributed by atoms with E-state index in [0.29, 0.717) is 49.9 Å². The van der Waals surface area contributed by atoms with Crippen molar-refractivity contribution in [2.24, 2.45) is 5.92 Å². The lowest BCUT2D eigenvalue weighted by molar-refractivity contribution is -0.116. The van der Waals surface area contributed by atoms with Crippen LogP contribution in [0.15, 0.2) is 112 Å². The molecule has 0 aromatic heterocycles. The molecule has 1 unspecified atom stereocenters. The zero-order chi connectivity index (χ0) is 37.1. The van der Waals surface area contributed by atoms with E-state index in [1.807, 2.05) is 51.1 Å². The lowest BCUT2D eigenvalue weighted by atomic mass is 9.79. The average Bonchev–Trinajstić information content (AvgIpc) is 3.04. The Morgan fingerprint density at radius 3 is 1.92 bits per heavy atom. The van der Waals surface area contributed by atoms with Crippen molar-refractivity contribution in [3.05, 3.63) is 129 Å². The number of allylic oxidation sites excluding steroid dienone is 15. The van der Waals surface area contributed by atoms with Crippen LogP contribution in [0.2, 0.25) is 0 Å². The first-order chi connectivity index (χ1) is 22.7. The van der Waals surface area contributed by atoms with Gasteiger partial charge < -0.3 is 0 Å². The number of benzene rings is 1. The van der Waals surface area contributed by atoms with Gasteiger partial charge in [-0.3, -0.25) is 28.8 Å². The summed E-state index contributed by atoms with van der Waals surface area (Å²) < 4.78 is 10.3. The lowest BCUT2D eigenvalue weighted by Crippen LogP contribution is -2.23. The molecule has 0 fully saturated rings. The van der Waals surface area contributed by atoms with E-state index >= 15 is 0 Å². The minimum atomic E-state index is -0.142. The van der Waals surface area contributed by atoms with Crippen molar-refractivity contribution in [3.8, 4) is 0 Å². The van der Waals surface area contributed by atoms with E-state index in [1.165, 1.54) is 24.3 Å². The van der Waals surface area contributed by atoms with Gasteiger partial charge in [-0.1, -0.05) is 76.9 Å². The summed E-state index contributed by atoms with van der Waals surface area (Å²) in [4.78, 5) is 68.4. The first kappa shape index (κ1) is 44.2. The molecule has 1 atom stereocenters. The van der Waals surface area contributed by atoms with Crippen LogP contribution in [0, 0.1) is 12.8 Å². The molecule has 0 saturated carbocycles. The number of rotatable bonds is 1. The predicted molar refractivity (Wildman–Crippen MR) is 205 cm³/mol. The molecule has 0 bridgehead atoms. The molecule has 0 N–H and O–H groups in total. The third kappa shape index (κ3) is 13.0. The summed E-state index contributed by atoms with van der Waals surface area (Å²) in [6.07, 6.45) is 15.6. The molecule has 48 heavy (non-hydrogen) atoms. The van der Waals surface area contributed by atoms with E-state index < -0.39 is 0 Å². The zero-order valence-corrected chi connectivity index (χ0v) is 29.8. The van der Waals surface area contributed by atoms with Crippen molar-refractivity contribution in [2.75, 3.05) is 5.34 Å². The number of halogens is 3. The minimum absolute atomic E-state index is 0. The topological polar surface area (TPSA) is 102 Å². The molecule has 0 saturated heterocycles. The molecule has 5 rings (SSSR count). The van der Waals surface area contributed by atoms with Crippen LogP contribution in [0.4, 0.5) is 0 Å². The third-order valence-corrected chi connectivity index (χ3v) is 7.42. The van der Waals surface area contributed by atoms with Gasteiger partial charge in [-0.05, 0) is 80.8 Å². The Hall–Kier alpha value is -3.78. The maximum Gasteiger partial charge on any atom is 0.193 e. The number of fused-ring (bicyclic) bond motifs is 1. The van der Waals surface area contributed by atoms with Crippen LogP contribution in [0.1, 0.15) is 85.1 Å². The summed E-state index contributed by atoms with van der Waals surface area (Å²) in [5.41, 5.74) is 4.94. The van der Waals surface area contributed by atoms with Gasteiger partial charge in [0.05, 0.1) is 9.82 Å². The van der Waals surface area contributed by atoms with Crippen LogP contribution in [0.5, 0.6) is 0 Å². The highest BCUT2D eigenvalue weighted by molar-refractivity contribution is 9.12. The van der Waals surface area contributed by atoms with Gasteiger partial charge in [0.15, 0.2) is 34.7 Å². The number of alkyl halides is 2. The molecule has 1 aromatic carbocycles. The van der Waals surface area contributed by atoms with Gasteiger partial charge in [-0.15, -0.1) is 23.2 Å². The van der Waals surface area contributed by atoms with Crippen LogP contribution >= 0.6 is 39.1 Å². The molecule has 1 aromatic rings. The van der Waals surface area contributed by atoms with Crippen LogP contribution in [-0.2, 0) is 19.2 Å². The van der Waals surface area contributed by atoms with Gasteiger partial charge in [0.1, 0.15) is 0 Å². The second-order valence-corrected chi connectivity index (χ2v) is 11.9.